The van der Waals surface area contributed by atoms with Crippen molar-refractivity contribution < 1.29 is 9.47 Å². The molecule has 0 saturated carbocycles. The van der Waals surface area contributed by atoms with E-state index in [-0.39, 0.29) is 0 Å². The predicted molar refractivity (Wildman–Crippen MR) is 86.7 cm³/mol. The first kappa shape index (κ1) is 14.4. The molecule has 1 heterocycles. The highest BCUT2D eigenvalue weighted by Crippen LogP contribution is 2.40. The van der Waals surface area contributed by atoms with E-state index in [9.17, 15) is 0 Å². The van der Waals surface area contributed by atoms with Crippen LogP contribution in [0, 0.1) is 6.92 Å². The highest BCUT2D eigenvalue weighted by atomic mass is 79.9. The lowest BCUT2D eigenvalue weighted by atomic mass is 10.1. The Balaban J connectivity index is 1.67. The number of aryl methyl sites for hydroxylation is 1. The van der Waals surface area contributed by atoms with Crippen LogP contribution in [0.2, 0.25) is 0 Å². The van der Waals surface area contributed by atoms with E-state index in [4.69, 9.17) is 9.47 Å². The average molecular weight is 348 g/mol. The number of halogens is 1. The van der Waals surface area contributed by atoms with E-state index >= 15 is 0 Å². The highest BCUT2D eigenvalue weighted by Gasteiger charge is 2.18. The molecule has 2 aromatic rings. The second kappa shape index (κ2) is 6.08. The molecule has 1 N–H and O–H groups in total. The van der Waals surface area contributed by atoms with Gasteiger partial charge < -0.3 is 14.8 Å². The largest absolute Gasteiger partial charge is 0.454 e. The molecule has 0 unspecified atom stereocenters. The Morgan fingerprint density at radius 3 is 2.71 bits per heavy atom. The maximum atomic E-state index is 5.44. The summed E-state index contributed by atoms with van der Waals surface area (Å²) in [4.78, 5) is 0. The number of fused-ring (bicyclic) bond motifs is 1. The maximum absolute atomic E-state index is 5.44. The fourth-order valence-electron chi connectivity index (χ4n) is 2.37. The number of ether oxygens (including phenoxy) is 2. The summed E-state index contributed by atoms with van der Waals surface area (Å²) in [7, 11) is 0. The third kappa shape index (κ3) is 3.22. The Morgan fingerprint density at radius 2 is 1.95 bits per heavy atom. The van der Waals surface area contributed by atoms with Crippen molar-refractivity contribution in [1.29, 1.82) is 0 Å². The first-order valence-electron chi connectivity index (χ1n) is 7.01. The van der Waals surface area contributed by atoms with Gasteiger partial charge in [-0.05, 0) is 53.0 Å². The van der Waals surface area contributed by atoms with Gasteiger partial charge in [-0.25, -0.2) is 0 Å². The monoisotopic (exact) mass is 347 g/mol. The van der Waals surface area contributed by atoms with Crippen molar-refractivity contribution >= 4 is 15.9 Å². The van der Waals surface area contributed by atoms with Crippen molar-refractivity contribution in [3.63, 3.8) is 0 Å². The molecule has 4 heteroatoms. The molecule has 21 heavy (non-hydrogen) atoms. The standard InChI is InChI=1S/C17H18BrNO2/c1-11-3-5-14(6-4-11)12(2)19-9-13-7-15(18)17-16(8-13)20-10-21-17/h3-8,12,19H,9-10H2,1-2H3/t12-/m1/s1. The number of hydrogen-bond donors (Lipinski definition) is 1. The van der Waals surface area contributed by atoms with Gasteiger partial charge in [-0.3, -0.25) is 0 Å². The van der Waals surface area contributed by atoms with E-state index in [1.165, 1.54) is 16.7 Å². The Bertz CT molecular complexity index is 640. The lowest BCUT2D eigenvalue weighted by Gasteiger charge is -2.15. The third-order valence-electron chi connectivity index (χ3n) is 3.68. The molecule has 0 radical (unpaired) electrons. The number of nitrogens with one attached hydrogen (secondary N) is 1. The van der Waals surface area contributed by atoms with Gasteiger partial charge in [0.1, 0.15) is 0 Å². The summed E-state index contributed by atoms with van der Waals surface area (Å²) in [6, 6.07) is 13.0. The van der Waals surface area contributed by atoms with E-state index in [0.717, 1.165) is 22.5 Å². The average Bonchev–Trinajstić information content (AvgIpc) is 2.94. The van der Waals surface area contributed by atoms with Gasteiger partial charge in [0.15, 0.2) is 11.5 Å². The summed E-state index contributed by atoms with van der Waals surface area (Å²) in [5.74, 6) is 1.61. The van der Waals surface area contributed by atoms with Gasteiger partial charge in [-0.2, -0.15) is 0 Å². The molecule has 3 nitrogen and oxygen atoms in total. The van der Waals surface area contributed by atoms with Gasteiger partial charge in [0, 0.05) is 12.6 Å². The van der Waals surface area contributed by atoms with Gasteiger partial charge in [-0.1, -0.05) is 29.8 Å². The smallest absolute Gasteiger partial charge is 0.231 e. The van der Waals surface area contributed by atoms with Crippen LogP contribution < -0.4 is 14.8 Å². The SMILES string of the molecule is Cc1ccc([C@@H](C)NCc2cc(Br)c3c(c2)OCO3)cc1. The van der Waals surface area contributed by atoms with Crippen molar-refractivity contribution in [1.82, 2.24) is 5.32 Å². The number of benzene rings is 2. The molecule has 1 aliphatic rings. The first-order valence-corrected chi connectivity index (χ1v) is 7.81. The molecule has 0 bridgehead atoms. The van der Waals surface area contributed by atoms with Gasteiger partial charge in [0.2, 0.25) is 6.79 Å². The van der Waals surface area contributed by atoms with Crippen LogP contribution in [0.25, 0.3) is 0 Å². The summed E-state index contributed by atoms with van der Waals surface area (Å²) in [5, 5.41) is 3.54. The minimum Gasteiger partial charge on any atom is -0.454 e. The molecule has 1 aliphatic heterocycles. The third-order valence-corrected chi connectivity index (χ3v) is 4.27. The molecular weight excluding hydrogens is 330 g/mol. The second-order valence-electron chi connectivity index (χ2n) is 5.32. The fourth-order valence-corrected chi connectivity index (χ4v) is 2.97. The summed E-state index contributed by atoms with van der Waals surface area (Å²) in [5.41, 5.74) is 3.75. The zero-order chi connectivity index (χ0) is 14.8. The molecule has 1 atom stereocenters. The van der Waals surface area contributed by atoms with Crippen LogP contribution in [0.1, 0.15) is 29.7 Å². The summed E-state index contributed by atoms with van der Waals surface area (Å²) in [6.45, 7) is 5.35. The Kier molecular flexibility index (Phi) is 4.17. The van der Waals surface area contributed by atoms with E-state index in [2.05, 4.69) is 65.4 Å². The lowest BCUT2D eigenvalue weighted by molar-refractivity contribution is 0.173. The van der Waals surface area contributed by atoms with Gasteiger partial charge >= 0.3 is 0 Å². The topological polar surface area (TPSA) is 30.5 Å². The molecule has 0 saturated heterocycles. The van der Waals surface area contributed by atoms with Gasteiger partial charge in [-0.15, -0.1) is 0 Å². The van der Waals surface area contributed by atoms with E-state index < -0.39 is 0 Å². The van der Waals surface area contributed by atoms with E-state index in [1.807, 2.05) is 6.07 Å². The van der Waals surface area contributed by atoms with Crippen LogP contribution in [0.3, 0.4) is 0 Å². The molecule has 0 amide bonds. The van der Waals surface area contributed by atoms with Crippen molar-refractivity contribution in [3.8, 4) is 11.5 Å². The van der Waals surface area contributed by atoms with Gasteiger partial charge in [0.05, 0.1) is 4.47 Å². The molecule has 2 aromatic carbocycles. The van der Waals surface area contributed by atoms with Crippen LogP contribution in [0.15, 0.2) is 40.9 Å². The summed E-state index contributed by atoms with van der Waals surface area (Å²) >= 11 is 3.53. The number of rotatable bonds is 4. The van der Waals surface area contributed by atoms with Crippen LogP contribution in [-0.4, -0.2) is 6.79 Å². The summed E-state index contributed by atoms with van der Waals surface area (Å²) in [6.07, 6.45) is 0. The van der Waals surface area contributed by atoms with Crippen LogP contribution in [0.5, 0.6) is 11.5 Å². The Hall–Kier alpha value is -1.52. The molecule has 110 valence electrons. The van der Waals surface area contributed by atoms with E-state index in [1.54, 1.807) is 0 Å². The highest BCUT2D eigenvalue weighted by molar-refractivity contribution is 9.10. The molecule has 0 aromatic heterocycles. The van der Waals surface area contributed by atoms with Crippen molar-refractivity contribution in [3.05, 3.63) is 57.6 Å². The fraction of sp³-hybridized carbons (Fsp3) is 0.294. The predicted octanol–water partition coefficient (Wildman–Crippen LogP) is 4.34. The lowest BCUT2D eigenvalue weighted by Crippen LogP contribution is -2.18. The summed E-state index contributed by atoms with van der Waals surface area (Å²) < 4.78 is 11.8. The van der Waals surface area contributed by atoms with Crippen molar-refractivity contribution in [2.75, 3.05) is 6.79 Å². The zero-order valence-corrected chi connectivity index (χ0v) is 13.7. The van der Waals surface area contributed by atoms with Crippen LogP contribution in [0.4, 0.5) is 0 Å². The zero-order valence-electron chi connectivity index (χ0n) is 12.2. The van der Waals surface area contributed by atoms with Gasteiger partial charge in [0.25, 0.3) is 0 Å². The molecule has 3 rings (SSSR count). The minimum absolute atomic E-state index is 0.296. The van der Waals surface area contributed by atoms with Crippen LogP contribution >= 0.6 is 15.9 Å². The van der Waals surface area contributed by atoms with Crippen LogP contribution in [-0.2, 0) is 6.54 Å². The first-order chi connectivity index (χ1) is 10.1. The van der Waals surface area contributed by atoms with Crippen molar-refractivity contribution in [2.24, 2.45) is 0 Å². The molecular formula is C17H18BrNO2. The van der Waals surface area contributed by atoms with E-state index in [0.29, 0.717) is 12.8 Å². The minimum atomic E-state index is 0.296. The second-order valence-corrected chi connectivity index (χ2v) is 6.18. The Labute approximate surface area is 133 Å². The molecule has 0 fully saturated rings. The van der Waals surface area contributed by atoms with Crippen molar-refractivity contribution in [2.45, 2.75) is 26.4 Å². The number of hydrogen-bond acceptors (Lipinski definition) is 3. The normalized spacial score (nSPS) is 14.2. The molecule has 0 spiro atoms. The maximum Gasteiger partial charge on any atom is 0.231 e. The quantitative estimate of drug-likeness (QED) is 0.892. The Morgan fingerprint density at radius 1 is 1.19 bits per heavy atom. The molecule has 0 aliphatic carbocycles.